The molecule has 5 heteroatoms. The predicted molar refractivity (Wildman–Crippen MR) is 97.7 cm³/mol. The van der Waals surface area contributed by atoms with Crippen LogP contribution in [0.3, 0.4) is 0 Å². The Morgan fingerprint density at radius 3 is 2.24 bits per heavy atom. The van der Waals surface area contributed by atoms with Crippen molar-refractivity contribution in [2.45, 2.75) is 13.0 Å². The van der Waals surface area contributed by atoms with Crippen molar-refractivity contribution in [2.75, 3.05) is 31.1 Å². The van der Waals surface area contributed by atoms with Crippen LogP contribution < -0.4 is 10.6 Å². The molecule has 1 saturated heterocycles. The quantitative estimate of drug-likeness (QED) is 0.930. The van der Waals surface area contributed by atoms with Crippen LogP contribution in [0, 0.1) is 11.7 Å². The molecule has 3 rings (SSSR count). The Labute approximate surface area is 148 Å². The molecular weight excluding hydrogens is 317 g/mol. The van der Waals surface area contributed by atoms with Crippen LogP contribution in [0.25, 0.3) is 0 Å². The molecule has 1 aliphatic heterocycles. The Bertz CT molecular complexity index is 714. The van der Waals surface area contributed by atoms with Crippen LogP contribution in [0.5, 0.6) is 0 Å². The third-order valence-electron chi connectivity index (χ3n) is 4.90. The predicted octanol–water partition coefficient (Wildman–Crippen LogP) is 2.81. The van der Waals surface area contributed by atoms with Crippen molar-refractivity contribution in [3.8, 4) is 0 Å². The summed E-state index contributed by atoms with van der Waals surface area (Å²) in [6, 6.07) is 16.1. The van der Waals surface area contributed by atoms with E-state index in [9.17, 15) is 9.18 Å². The Hall–Kier alpha value is -2.40. The van der Waals surface area contributed by atoms with Gasteiger partial charge in [0, 0.05) is 32.2 Å². The van der Waals surface area contributed by atoms with Gasteiger partial charge in [-0.15, -0.1) is 0 Å². The summed E-state index contributed by atoms with van der Waals surface area (Å²) in [4.78, 5) is 16.6. The number of nitrogens with zero attached hydrogens (tertiary/aromatic N) is 2. The molecule has 0 radical (unpaired) electrons. The number of para-hydroxylation sites is 1. The van der Waals surface area contributed by atoms with Gasteiger partial charge < -0.3 is 15.5 Å². The lowest BCUT2D eigenvalue weighted by Crippen LogP contribution is -2.51. The number of rotatable bonds is 4. The molecule has 1 fully saturated rings. The van der Waals surface area contributed by atoms with Crippen LogP contribution in [0.4, 0.5) is 10.1 Å². The van der Waals surface area contributed by atoms with Crippen molar-refractivity contribution >= 4 is 11.6 Å². The number of carbonyl (C=O) groups is 1. The number of anilines is 1. The molecule has 2 atom stereocenters. The fraction of sp³-hybridized carbons (Fsp3) is 0.350. The molecule has 0 bridgehead atoms. The zero-order valence-corrected chi connectivity index (χ0v) is 14.4. The maximum absolute atomic E-state index is 13.9. The molecule has 1 heterocycles. The largest absolute Gasteiger partial charge is 0.366 e. The Kier molecular flexibility index (Phi) is 5.34. The summed E-state index contributed by atoms with van der Waals surface area (Å²) < 4.78 is 13.9. The molecule has 132 valence electrons. The highest BCUT2D eigenvalue weighted by Crippen LogP contribution is 2.24. The molecule has 0 saturated carbocycles. The van der Waals surface area contributed by atoms with E-state index < -0.39 is 0 Å². The van der Waals surface area contributed by atoms with Crippen molar-refractivity contribution in [3.05, 3.63) is 66.0 Å². The standard InChI is InChI=1S/C20H24FN3O/c1-15(19(22)16-7-3-2-4-8-16)20(25)24-13-11-23(12-14-24)18-10-6-5-9-17(18)21/h2-10,15,19H,11-14,22H2,1H3. The zero-order valence-electron chi connectivity index (χ0n) is 14.4. The summed E-state index contributed by atoms with van der Waals surface area (Å²) in [6.45, 7) is 4.29. The first kappa shape index (κ1) is 17.4. The van der Waals surface area contributed by atoms with Crippen LogP contribution in [-0.4, -0.2) is 37.0 Å². The monoisotopic (exact) mass is 341 g/mol. The summed E-state index contributed by atoms with van der Waals surface area (Å²) >= 11 is 0. The maximum atomic E-state index is 13.9. The number of halogens is 1. The summed E-state index contributed by atoms with van der Waals surface area (Å²) in [5, 5.41) is 0. The van der Waals surface area contributed by atoms with E-state index in [4.69, 9.17) is 5.73 Å². The van der Waals surface area contributed by atoms with Gasteiger partial charge in [-0.05, 0) is 17.7 Å². The van der Waals surface area contributed by atoms with Crippen LogP contribution in [-0.2, 0) is 4.79 Å². The second kappa shape index (κ2) is 7.66. The number of amides is 1. The van der Waals surface area contributed by atoms with Crippen LogP contribution in [0.15, 0.2) is 54.6 Å². The minimum absolute atomic E-state index is 0.0598. The van der Waals surface area contributed by atoms with E-state index >= 15 is 0 Å². The number of nitrogens with two attached hydrogens (primary N) is 1. The highest BCUT2D eigenvalue weighted by molar-refractivity contribution is 5.79. The Morgan fingerprint density at radius 1 is 1.00 bits per heavy atom. The zero-order chi connectivity index (χ0) is 17.8. The number of hydrogen-bond donors (Lipinski definition) is 1. The van der Waals surface area contributed by atoms with E-state index in [1.54, 1.807) is 12.1 Å². The average Bonchev–Trinajstić information content (AvgIpc) is 2.67. The van der Waals surface area contributed by atoms with Gasteiger partial charge in [0.25, 0.3) is 0 Å². The Balaban J connectivity index is 1.61. The van der Waals surface area contributed by atoms with Gasteiger partial charge in [-0.3, -0.25) is 4.79 Å². The van der Waals surface area contributed by atoms with Crippen molar-refractivity contribution in [2.24, 2.45) is 11.7 Å². The van der Waals surface area contributed by atoms with Crippen molar-refractivity contribution in [3.63, 3.8) is 0 Å². The molecule has 0 spiro atoms. The molecular formula is C20H24FN3O. The van der Waals surface area contributed by atoms with Gasteiger partial charge in [0.15, 0.2) is 0 Å². The van der Waals surface area contributed by atoms with Gasteiger partial charge in [-0.2, -0.15) is 0 Å². The lowest BCUT2D eigenvalue weighted by Gasteiger charge is -2.38. The third-order valence-corrected chi connectivity index (χ3v) is 4.90. The SMILES string of the molecule is CC(C(=O)N1CCN(c2ccccc2F)CC1)C(N)c1ccccc1. The van der Waals surface area contributed by atoms with Gasteiger partial charge in [-0.1, -0.05) is 49.4 Å². The molecule has 2 unspecified atom stereocenters. The average molecular weight is 341 g/mol. The van der Waals surface area contributed by atoms with Gasteiger partial charge in [0.2, 0.25) is 5.91 Å². The molecule has 4 nitrogen and oxygen atoms in total. The second-order valence-electron chi connectivity index (χ2n) is 6.49. The van der Waals surface area contributed by atoms with Crippen LogP contribution in [0.2, 0.25) is 0 Å². The van der Waals surface area contributed by atoms with Gasteiger partial charge in [-0.25, -0.2) is 4.39 Å². The molecule has 1 amide bonds. The lowest BCUT2D eigenvalue weighted by atomic mass is 9.94. The van der Waals surface area contributed by atoms with E-state index in [0.717, 1.165) is 5.56 Å². The van der Waals surface area contributed by atoms with Crippen molar-refractivity contribution in [1.29, 1.82) is 0 Å². The molecule has 2 aromatic rings. The molecule has 0 aromatic heterocycles. The lowest BCUT2D eigenvalue weighted by molar-refractivity contribution is -0.136. The number of hydrogen-bond acceptors (Lipinski definition) is 3. The van der Waals surface area contributed by atoms with E-state index in [2.05, 4.69) is 0 Å². The second-order valence-corrected chi connectivity index (χ2v) is 6.49. The molecule has 0 aliphatic carbocycles. The molecule has 2 aromatic carbocycles. The normalized spacial score (nSPS) is 17.2. The first-order valence-corrected chi connectivity index (χ1v) is 8.66. The molecule has 1 aliphatic rings. The minimum Gasteiger partial charge on any atom is -0.366 e. The van der Waals surface area contributed by atoms with Crippen molar-refractivity contribution in [1.82, 2.24) is 4.90 Å². The fourth-order valence-electron chi connectivity index (χ4n) is 3.28. The maximum Gasteiger partial charge on any atom is 0.227 e. The van der Waals surface area contributed by atoms with Gasteiger partial charge in [0.05, 0.1) is 11.6 Å². The highest BCUT2D eigenvalue weighted by atomic mass is 19.1. The number of benzene rings is 2. The summed E-state index contributed by atoms with van der Waals surface area (Å²) in [7, 11) is 0. The van der Waals surface area contributed by atoms with E-state index in [1.807, 2.05) is 53.1 Å². The summed E-state index contributed by atoms with van der Waals surface area (Å²) in [5.41, 5.74) is 7.84. The first-order valence-electron chi connectivity index (χ1n) is 8.66. The van der Waals surface area contributed by atoms with E-state index in [0.29, 0.717) is 31.9 Å². The smallest absolute Gasteiger partial charge is 0.227 e. The van der Waals surface area contributed by atoms with Crippen LogP contribution >= 0.6 is 0 Å². The third kappa shape index (κ3) is 3.82. The Morgan fingerprint density at radius 2 is 1.60 bits per heavy atom. The first-order chi connectivity index (χ1) is 12.1. The fourth-order valence-corrected chi connectivity index (χ4v) is 3.28. The van der Waals surface area contributed by atoms with E-state index in [-0.39, 0.29) is 23.7 Å². The summed E-state index contributed by atoms with van der Waals surface area (Å²) in [5.74, 6) is -0.450. The molecule has 2 N–H and O–H groups in total. The summed E-state index contributed by atoms with van der Waals surface area (Å²) in [6.07, 6.45) is 0. The van der Waals surface area contributed by atoms with Crippen molar-refractivity contribution < 1.29 is 9.18 Å². The number of carbonyl (C=O) groups excluding carboxylic acids is 1. The van der Waals surface area contributed by atoms with Gasteiger partial charge in [0.1, 0.15) is 5.82 Å². The minimum atomic E-state index is -0.321. The van der Waals surface area contributed by atoms with Crippen LogP contribution in [0.1, 0.15) is 18.5 Å². The van der Waals surface area contributed by atoms with E-state index in [1.165, 1.54) is 6.07 Å². The topological polar surface area (TPSA) is 49.6 Å². The molecule has 25 heavy (non-hydrogen) atoms. The number of piperazine rings is 1. The highest BCUT2D eigenvalue weighted by Gasteiger charge is 2.29. The van der Waals surface area contributed by atoms with Gasteiger partial charge >= 0.3 is 0 Å².